The molecule has 1 heterocycles. The highest BCUT2D eigenvalue weighted by Gasteiger charge is 2.17. The Morgan fingerprint density at radius 2 is 2.21 bits per heavy atom. The molecule has 19 heavy (non-hydrogen) atoms. The summed E-state index contributed by atoms with van der Waals surface area (Å²) in [6, 6.07) is 7.29. The van der Waals surface area contributed by atoms with Gasteiger partial charge < -0.3 is 5.32 Å². The SMILES string of the molecule is O=[N+]([O-])c1cc(Cl)c(F)cc1NCc1ccccn1. The molecule has 1 aromatic carbocycles. The van der Waals surface area contributed by atoms with Gasteiger partial charge in [-0.15, -0.1) is 0 Å². The van der Waals surface area contributed by atoms with E-state index in [4.69, 9.17) is 11.6 Å². The molecule has 7 heteroatoms. The van der Waals surface area contributed by atoms with Crippen LogP contribution in [0.3, 0.4) is 0 Å². The molecule has 2 aromatic rings. The van der Waals surface area contributed by atoms with Crippen molar-refractivity contribution in [2.45, 2.75) is 6.54 Å². The van der Waals surface area contributed by atoms with Crippen LogP contribution in [0.5, 0.6) is 0 Å². The maximum atomic E-state index is 13.3. The standard InChI is InChI=1S/C12H9ClFN3O2/c13-9-5-12(17(18)19)11(6-10(9)14)16-7-8-3-1-2-4-15-8/h1-6,16H,7H2. The molecule has 1 N–H and O–H groups in total. The van der Waals surface area contributed by atoms with Gasteiger partial charge in [0, 0.05) is 18.3 Å². The minimum atomic E-state index is -0.712. The smallest absolute Gasteiger partial charge is 0.294 e. The van der Waals surface area contributed by atoms with Crippen molar-refractivity contribution >= 4 is 23.0 Å². The lowest BCUT2D eigenvalue weighted by Gasteiger charge is -2.07. The van der Waals surface area contributed by atoms with Crippen LogP contribution in [0.4, 0.5) is 15.8 Å². The number of nitrogens with zero attached hydrogens (tertiary/aromatic N) is 2. The average Bonchev–Trinajstić information content (AvgIpc) is 2.40. The van der Waals surface area contributed by atoms with Gasteiger partial charge in [-0.25, -0.2) is 4.39 Å². The van der Waals surface area contributed by atoms with Gasteiger partial charge in [-0.1, -0.05) is 17.7 Å². The predicted octanol–water partition coefficient (Wildman–Crippen LogP) is 3.39. The van der Waals surface area contributed by atoms with Crippen molar-refractivity contribution in [3.8, 4) is 0 Å². The van der Waals surface area contributed by atoms with Crippen LogP contribution in [0, 0.1) is 15.9 Å². The zero-order chi connectivity index (χ0) is 13.8. The van der Waals surface area contributed by atoms with Gasteiger partial charge in [0.1, 0.15) is 11.5 Å². The topological polar surface area (TPSA) is 68.1 Å². The average molecular weight is 282 g/mol. The van der Waals surface area contributed by atoms with Crippen LogP contribution in [-0.2, 0) is 6.54 Å². The van der Waals surface area contributed by atoms with E-state index in [9.17, 15) is 14.5 Å². The maximum Gasteiger partial charge on any atom is 0.294 e. The number of nitro benzene ring substituents is 1. The fourth-order valence-electron chi connectivity index (χ4n) is 1.52. The second kappa shape index (κ2) is 5.62. The molecule has 0 unspecified atom stereocenters. The Morgan fingerprint density at radius 1 is 1.42 bits per heavy atom. The van der Waals surface area contributed by atoms with Gasteiger partial charge in [0.25, 0.3) is 5.69 Å². The van der Waals surface area contributed by atoms with E-state index >= 15 is 0 Å². The van der Waals surface area contributed by atoms with Crippen LogP contribution in [0.25, 0.3) is 0 Å². The number of benzene rings is 1. The summed E-state index contributed by atoms with van der Waals surface area (Å²) in [5.74, 6) is -0.712. The number of hydrogen-bond donors (Lipinski definition) is 1. The van der Waals surface area contributed by atoms with Crippen molar-refractivity contribution in [3.05, 3.63) is 63.2 Å². The summed E-state index contributed by atoms with van der Waals surface area (Å²) in [6.07, 6.45) is 1.61. The lowest BCUT2D eigenvalue weighted by atomic mass is 10.2. The quantitative estimate of drug-likeness (QED) is 0.689. The van der Waals surface area contributed by atoms with Gasteiger partial charge in [-0.3, -0.25) is 15.1 Å². The van der Waals surface area contributed by atoms with Crippen molar-refractivity contribution in [1.29, 1.82) is 0 Å². The van der Waals surface area contributed by atoms with E-state index in [0.29, 0.717) is 5.69 Å². The van der Waals surface area contributed by atoms with Crippen molar-refractivity contribution in [2.75, 3.05) is 5.32 Å². The Morgan fingerprint density at radius 3 is 2.84 bits per heavy atom. The number of pyridine rings is 1. The molecule has 2 rings (SSSR count). The van der Waals surface area contributed by atoms with Crippen LogP contribution in [0.15, 0.2) is 36.5 Å². The number of nitro groups is 1. The molecule has 1 aromatic heterocycles. The Kier molecular flexibility index (Phi) is 3.91. The highest BCUT2D eigenvalue weighted by molar-refractivity contribution is 6.31. The van der Waals surface area contributed by atoms with E-state index in [0.717, 1.165) is 12.1 Å². The lowest BCUT2D eigenvalue weighted by molar-refractivity contribution is -0.384. The van der Waals surface area contributed by atoms with Crippen LogP contribution >= 0.6 is 11.6 Å². The van der Waals surface area contributed by atoms with Gasteiger partial charge in [-0.05, 0) is 12.1 Å². The van der Waals surface area contributed by atoms with E-state index in [1.54, 1.807) is 24.4 Å². The van der Waals surface area contributed by atoms with E-state index in [1.807, 2.05) is 0 Å². The molecule has 0 saturated carbocycles. The third-order valence-corrected chi connectivity index (χ3v) is 2.71. The number of rotatable bonds is 4. The normalized spacial score (nSPS) is 10.2. The highest BCUT2D eigenvalue weighted by atomic mass is 35.5. The van der Waals surface area contributed by atoms with Gasteiger partial charge in [0.2, 0.25) is 0 Å². The van der Waals surface area contributed by atoms with E-state index in [-0.39, 0.29) is 22.9 Å². The first kappa shape index (κ1) is 13.2. The minimum Gasteiger partial charge on any atom is -0.374 e. The molecule has 0 aliphatic rings. The minimum absolute atomic E-state index is 0.0672. The van der Waals surface area contributed by atoms with Gasteiger partial charge >= 0.3 is 0 Å². The third kappa shape index (κ3) is 3.17. The number of nitrogens with one attached hydrogen (secondary N) is 1. The lowest BCUT2D eigenvalue weighted by Crippen LogP contribution is -2.04. The van der Waals surface area contributed by atoms with E-state index in [2.05, 4.69) is 10.3 Å². The van der Waals surface area contributed by atoms with Crippen LogP contribution < -0.4 is 5.32 Å². The van der Waals surface area contributed by atoms with Crippen molar-refractivity contribution in [1.82, 2.24) is 4.98 Å². The molecular weight excluding hydrogens is 273 g/mol. The summed E-state index contributed by atoms with van der Waals surface area (Å²) in [4.78, 5) is 14.3. The van der Waals surface area contributed by atoms with Crippen LogP contribution in [0.2, 0.25) is 5.02 Å². The molecule has 0 fully saturated rings. The van der Waals surface area contributed by atoms with Crippen LogP contribution in [-0.4, -0.2) is 9.91 Å². The highest BCUT2D eigenvalue weighted by Crippen LogP contribution is 2.30. The molecule has 0 saturated heterocycles. The largest absolute Gasteiger partial charge is 0.374 e. The van der Waals surface area contributed by atoms with Crippen LogP contribution in [0.1, 0.15) is 5.69 Å². The zero-order valence-corrected chi connectivity index (χ0v) is 10.4. The van der Waals surface area contributed by atoms with E-state index in [1.165, 1.54) is 0 Å². The maximum absolute atomic E-state index is 13.3. The fraction of sp³-hybridized carbons (Fsp3) is 0.0833. The summed E-state index contributed by atoms with van der Waals surface area (Å²) in [6.45, 7) is 0.253. The summed E-state index contributed by atoms with van der Waals surface area (Å²) in [5, 5.41) is 13.4. The first-order chi connectivity index (χ1) is 9.08. The third-order valence-electron chi connectivity index (χ3n) is 2.42. The molecule has 0 radical (unpaired) electrons. The number of aromatic nitrogens is 1. The molecular formula is C12H9ClFN3O2. The molecule has 0 atom stereocenters. The number of halogens is 2. The Balaban J connectivity index is 2.24. The van der Waals surface area contributed by atoms with Crippen molar-refractivity contribution in [2.24, 2.45) is 0 Å². The van der Waals surface area contributed by atoms with Crippen molar-refractivity contribution < 1.29 is 9.31 Å². The first-order valence-corrected chi connectivity index (χ1v) is 5.73. The summed E-state index contributed by atoms with van der Waals surface area (Å²) in [5.41, 5.74) is 0.479. The molecule has 0 aliphatic heterocycles. The monoisotopic (exact) mass is 281 g/mol. The van der Waals surface area contributed by atoms with E-state index < -0.39 is 10.7 Å². The second-order valence-electron chi connectivity index (χ2n) is 3.72. The molecule has 5 nitrogen and oxygen atoms in total. The molecule has 0 bridgehead atoms. The molecule has 98 valence electrons. The fourth-order valence-corrected chi connectivity index (χ4v) is 1.68. The summed E-state index contributed by atoms with van der Waals surface area (Å²) >= 11 is 5.53. The zero-order valence-electron chi connectivity index (χ0n) is 9.64. The number of anilines is 1. The molecule has 0 aliphatic carbocycles. The van der Waals surface area contributed by atoms with Crippen molar-refractivity contribution in [3.63, 3.8) is 0 Å². The van der Waals surface area contributed by atoms with Gasteiger partial charge in [0.15, 0.2) is 0 Å². The Labute approximate surface area is 113 Å². The summed E-state index contributed by atoms with van der Waals surface area (Å²) in [7, 11) is 0. The second-order valence-corrected chi connectivity index (χ2v) is 4.12. The Bertz CT molecular complexity index is 607. The van der Waals surface area contributed by atoms with Gasteiger partial charge in [-0.2, -0.15) is 0 Å². The predicted molar refractivity (Wildman–Crippen MR) is 69.6 cm³/mol. The summed E-state index contributed by atoms with van der Waals surface area (Å²) < 4.78 is 13.3. The first-order valence-electron chi connectivity index (χ1n) is 5.35. The van der Waals surface area contributed by atoms with Gasteiger partial charge in [0.05, 0.1) is 22.2 Å². The number of hydrogen-bond acceptors (Lipinski definition) is 4. The Hall–Kier alpha value is -2.21. The molecule has 0 spiro atoms. The molecule has 0 amide bonds.